The minimum absolute atomic E-state index is 0.180. The van der Waals surface area contributed by atoms with Crippen LogP contribution in [0, 0.1) is 23.0 Å². The number of nitrogens with one attached hydrogen (secondary N) is 1. The van der Waals surface area contributed by atoms with Crippen LogP contribution in [0.2, 0.25) is 0 Å². The van der Waals surface area contributed by atoms with E-state index in [4.69, 9.17) is 11.0 Å². The van der Waals surface area contributed by atoms with Gasteiger partial charge in [-0.15, -0.1) is 0 Å². The minimum Gasteiger partial charge on any atom is -0.396 e. The van der Waals surface area contributed by atoms with Crippen molar-refractivity contribution in [3.8, 4) is 6.07 Å². The molecule has 0 saturated carbocycles. The second kappa shape index (κ2) is 5.89. The van der Waals surface area contributed by atoms with Crippen LogP contribution in [0.25, 0.3) is 0 Å². The van der Waals surface area contributed by atoms with E-state index in [1.165, 1.54) is 12.1 Å². The lowest BCUT2D eigenvalue weighted by Gasteiger charge is -2.09. The highest BCUT2D eigenvalue weighted by Crippen LogP contribution is 2.23. The molecule has 2 aromatic rings. The Kier molecular flexibility index (Phi) is 4.19. The Morgan fingerprint density at radius 3 is 2.67 bits per heavy atom. The fourth-order valence-electron chi connectivity index (χ4n) is 1.68. The highest BCUT2D eigenvalue weighted by atomic mass is 79.9. The summed E-state index contributed by atoms with van der Waals surface area (Å²) in [6, 6.07) is 8.00. The van der Waals surface area contributed by atoms with Crippen LogP contribution >= 0.6 is 15.9 Å². The van der Waals surface area contributed by atoms with Gasteiger partial charge in [0.2, 0.25) is 0 Å². The van der Waals surface area contributed by atoms with E-state index in [-0.39, 0.29) is 11.3 Å². The molecule has 7 heteroatoms. The molecule has 2 rings (SSSR count). The van der Waals surface area contributed by atoms with E-state index in [2.05, 4.69) is 21.2 Å². The van der Waals surface area contributed by atoms with E-state index in [1.807, 2.05) is 6.07 Å². The number of carbonyl (C=O) groups is 1. The summed E-state index contributed by atoms with van der Waals surface area (Å²) in [5.74, 6) is -2.73. The zero-order valence-electron chi connectivity index (χ0n) is 10.5. The number of nitriles is 1. The number of halogens is 3. The molecule has 1 amide bonds. The monoisotopic (exact) mass is 351 g/mol. The molecule has 0 radical (unpaired) electrons. The minimum atomic E-state index is -1.01. The first kappa shape index (κ1) is 14.9. The topological polar surface area (TPSA) is 78.9 Å². The van der Waals surface area contributed by atoms with Crippen LogP contribution in [0.1, 0.15) is 15.9 Å². The van der Waals surface area contributed by atoms with Crippen molar-refractivity contribution in [2.24, 2.45) is 0 Å². The summed E-state index contributed by atoms with van der Waals surface area (Å²) >= 11 is 3.19. The summed E-state index contributed by atoms with van der Waals surface area (Å²) in [4.78, 5) is 12.0. The molecule has 4 nitrogen and oxygen atoms in total. The molecule has 21 heavy (non-hydrogen) atoms. The van der Waals surface area contributed by atoms with Gasteiger partial charge >= 0.3 is 0 Å². The Hall–Kier alpha value is -2.46. The molecule has 0 fully saturated rings. The van der Waals surface area contributed by atoms with Crippen molar-refractivity contribution in [2.75, 3.05) is 11.1 Å². The Morgan fingerprint density at radius 2 is 2.00 bits per heavy atom. The zero-order valence-corrected chi connectivity index (χ0v) is 12.0. The SMILES string of the molecule is N#Cc1ccc(Br)cc1NC(=O)c1cc(F)cc(N)c1F. The Balaban J connectivity index is 2.40. The van der Waals surface area contributed by atoms with Crippen molar-refractivity contribution < 1.29 is 13.6 Å². The molecule has 0 aromatic heterocycles. The first-order valence-electron chi connectivity index (χ1n) is 5.68. The fourth-order valence-corrected chi connectivity index (χ4v) is 2.04. The van der Waals surface area contributed by atoms with Gasteiger partial charge in [-0.05, 0) is 30.3 Å². The predicted molar refractivity (Wildman–Crippen MR) is 77.6 cm³/mol. The third-order valence-corrected chi connectivity index (χ3v) is 3.15. The number of nitrogens with two attached hydrogens (primary N) is 1. The van der Waals surface area contributed by atoms with Crippen LogP contribution in [0.4, 0.5) is 20.2 Å². The third-order valence-electron chi connectivity index (χ3n) is 2.66. The lowest BCUT2D eigenvalue weighted by Crippen LogP contribution is -2.16. The number of carbonyl (C=O) groups excluding carboxylic acids is 1. The first-order valence-corrected chi connectivity index (χ1v) is 6.47. The number of hydrogen-bond acceptors (Lipinski definition) is 3. The average molecular weight is 352 g/mol. The van der Waals surface area contributed by atoms with Crippen LogP contribution in [0.3, 0.4) is 0 Å². The molecule has 0 heterocycles. The molecule has 0 bridgehead atoms. The van der Waals surface area contributed by atoms with Gasteiger partial charge in [0.25, 0.3) is 5.91 Å². The molecule has 0 atom stereocenters. The maximum atomic E-state index is 13.8. The number of anilines is 2. The van der Waals surface area contributed by atoms with Crippen LogP contribution in [-0.2, 0) is 0 Å². The molecule has 0 aliphatic rings. The molecule has 0 saturated heterocycles. The zero-order chi connectivity index (χ0) is 15.6. The fraction of sp³-hybridized carbons (Fsp3) is 0. The highest BCUT2D eigenvalue weighted by Gasteiger charge is 2.17. The van der Waals surface area contributed by atoms with Gasteiger partial charge in [0.15, 0.2) is 5.82 Å². The van der Waals surface area contributed by atoms with Crippen LogP contribution in [0.15, 0.2) is 34.8 Å². The van der Waals surface area contributed by atoms with Gasteiger partial charge in [0.1, 0.15) is 11.9 Å². The van der Waals surface area contributed by atoms with Gasteiger partial charge in [0, 0.05) is 4.47 Å². The molecule has 2 aromatic carbocycles. The Labute approximate surface area is 127 Å². The first-order chi connectivity index (χ1) is 9.92. The summed E-state index contributed by atoms with van der Waals surface area (Å²) in [5, 5.41) is 11.3. The van der Waals surface area contributed by atoms with E-state index in [0.29, 0.717) is 4.47 Å². The number of rotatable bonds is 2. The number of hydrogen-bond donors (Lipinski definition) is 2. The summed E-state index contributed by atoms with van der Waals surface area (Å²) < 4.78 is 27.6. The van der Waals surface area contributed by atoms with Gasteiger partial charge in [-0.2, -0.15) is 5.26 Å². The van der Waals surface area contributed by atoms with E-state index in [1.54, 1.807) is 6.07 Å². The quantitative estimate of drug-likeness (QED) is 0.813. The smallest absolute Gasteiger partial charge is 0.258 e. The summed E-state index contributed by atoms with van der Waals surface area (Å²) in [7, 11) is 0. The van der Waals surface area contributed by atoms with Gasteiger partial charge in [-0.3, -0.25) is 4.79 Å². The van der Waals surface area contributed by atoms with E-state index < -0.39 is 28.8 Å². The predicted octanol–water partition coefficient (Wildman–Crippen LogP) is 3.43. The molecule has 0 unspecified atom stereocenters. The molecular weight excluding hydrogens is 344 g/mol. The average Bonchev–Trinajstić information content (AvgIpc) is 2.43. The van der Waals surface area contributed by atoms with Crippen molar-refractivity contribution in [3.05, 3.63) is 57.6 Å². The molecule has 106 valence electrons. The normalized spacial score (nSPS) is 10.0. The van der Waals surface area contributed by atoms with Crippen LogP contribution in [-0.4, -0.2) is 5.91 Å². The lowest BCUT2D eigenvalue weighted by atomic mass is 10.1. The Morgan fingerprint density at radius 1 is 1.29 bits per heavy atom. The van der Waals surface area contributed by atoms with Crippen LogP contribution < -0.4 is 11.1 Å². The molecule has 0 aliphatic carbocycles. The number of nitrogen functional groups attached to an aromatic ring is 1. The molecule has 0 spiro atoms. The highest BCUT2D eigenvalue weighted by molar-refractivity contribution is 9.10. The van der Waals surface area contributed by atoms with Crippen molar-refractivity contribution in [3.63, 3.8) is 0 Å². The molecule has 0 aliphatic heterocycles. The van der Waals surface area contributed by atoms with Crippen LogP contribution in [0.5, 0.6) is 0 Å². The number of benzene rings is 2. The largest absolute Gasteiger partial charge is 0.396 e. The summed E-state index contributed by atoms with van der Waals surface area (Å²) in [6.45, 7) is 0. The van der Waals surface area contributed by atoms with Gasteiger partial charge in [-0.25, -0.2) is 8.78 Å². The van der Waals surface area contributed by atoms with E-state index >= 15 is 0 Å². The van der Waals surface area contributed by atoms with Gasteiger partial charge < -0.3 is 11.1 Å². The molecular formula is C14H8BrF2N3O. The summed E-state index contributed by atoms with van der Waals surface area (Å²) in [5.41, 5.74) is 4.65. The maximum Gasteiger partial charge on any atom is 0.258 e. The molecule has 3 N–H and O–H groups in total. The van der Waals surface area contributed by atoms with E-state index in [9.17, 15) is 13.6 Å². The number of amides is 1. The number of nitrogens with zero attached hydrogens (tertiary/aromatic N) is 1. The lowest BCUT2D eigenvalue weighted by molar-refractivity contribution is 0.102. The standard InChI is InChI=1S/C14H8BrF2N3O/c15-8-2-1-7(6-18)12(3-8)20-14(21)10-4-9(16)5-11(19)13(10)17/h1-5H,19H2,(H,20,21). The van der Waals surface area contributed by atoms with Crippen molar-refractivity contribution in [1.82, 2.24) is 0 Å². The van der Waals surface area contributed by atoms with Gasteiger partial charge in [0.05, 0.1) is 22.5 Å². The van der Waals surface area contributed by atoms with Crippen molar-refractivity contribution in [1.29, 1.82) is 5.26 Å². The second-order valence-corrected chi connectivity index (χ2v) is 5.03. The second-order valence-electron chi connectivity index (χ2n) is 4.11. The van der Waals surface area contributed by atoms with Gasteiger partial charge in [-0.1, -0.05) is 15.9 Å². The van der Waals surface area contributed by atoms with Crippen molar-refractivity contribution in [2.45, 2.75) is 0 Å². The summed E-state index contributed by atoms with van der Waals surface area (Å²) in [6.07, 6.45) is 0. The Bertz CT molecular complexity index is 772. The van der Waals surface area contributed by atoms with Crippen molar-refractivity contribution >= 4 is 33.2 Å². The van der Waals surface area contributed by atoms with E-state index in [0.717, 1.165) is 12.1 Å². The third kappa shape index (κ3) is 3.17. The maximum absolute atomic E-state index is 13.8.